The molecule has 2 N–H and O–H groups in total. The highest BCUT2D eigenvalue weighted by Crippen LogP contribution is 2.25. The first kappa shape index (κ1) is 20.7. The number of nitrogens with two attached hydrogens (primary N) is 1. The zero-order valence-corrected chi connectivity index (χ0v) is 16.1. The van der Waals surface area contributed by atoms with Gasteiger partial charge in [-0.05, 0) is 67.1 Å². The summed E-state index contributed by atoms with van der Waals surface area (Å²) in [5, 5.41) is 8.82. The zero-order valence-electron chi connectivity index (χ0n) is 16.1. The third-order valence-corrected chi connectivity index (χ3v) is 3.80. The lowest BCUT2D eigenvalue weighted by Crippen LogP contribution is -2.11. The minimum absolute atomic E-state index is 0.286. The van der Waals surface area contributed by atoms with Crippen LogP contribution in [0.15, 0.2) is 66.7 Å². The average Bonchev–Trinajstić information content (AvgIpc) is 2.75. The molecular weight excluding hydrogens is 350 g/mol. The van der Waals surface area contributed by atoms with E-state index in [4.69, 9.17) is 15.7 Å². The van der Waals surface area contributed by atoms with Gasteiger partial charge in [0, 0.05) is 17.7 Å². The molecule has 3 aromatic rings. The molecular formula is C23H23N3O2. The number of aromatic nitrogens is 1. The predicted octanol–water partition coefficient (Wildman–Crippen LogP) is 4.86. The highest BCUT2D eigenvalue weighted by molar-refractivity contribution is 5.74. The number of nitrogens with zero attached hydrogens (tertiary/aromatic N) is 2. The van der Waals surface area contributed by atoms with Crippen LogP contribution < -0.4 is 10.5 Å². The number of rotatable bonds is 6. The second-order valence-electron chi connectivity index (χ2n) is 5.74. The summed E-state index contributed by atoms with van der Waals surface area (Å²) in [5.41, 5.74) is 8.40. The molecule has 0 aliphatic carbocycles. The molecule has 0 bridgehead atoms. The first-order valence-electron chi connectivity index (χ1n) is 9.17. The highest BCUT2D eigenvalue weighted by Gasteiger charge is 2.04. The fourth-order valence-corrected chi connectivity index (χ4v) is 2.46. The van der Waals surface area contributed by atoms with Gasteiger partial charge < -0.3 is 10.5 Å². The van der Waals surface area contributed by atoms with E-state index in [1.165, 1.54) is 0 Å². The monoisotopic (exact) mass is 373 g/mol. The summed E-state index contributed by atoms with van der Waals surface area (Å²) >= 11 is 0. The fraction of sp³-hybridized carbons (Fsp3) is 0.174. The molecule has 0 saturated heterocycles. The average molecular weight is 373 g/mol. The van der Waals surface area contributed by atoms with Crippen molar-refractivity contribution < 1.29 is 9.53 Å². The molecule has 1 aromatic heterocycles. The number of carbonyl (C=O) groups is 1. The number of carbonyl (C=O) groups excluding carboxylic acids is 1. The number of pyridine rings is 1. The molecule has 0 radical (unpaired) electrons. The minimum Gasteiger partial charge on any atom is -0.457 e. The van der Waals surface area contributed by atoms with Gasteiger partial charge in [-0.15, -0.1) is 0 Å². The summed E-state index contributed by atoms with van der Waals surface area (Å²) in [6, 6.07) is 22.3. The topological polar surface area (TPSA) is 89.0 Å². The van der Waals surface area contributed by atoms with Gasteiger partial charge in [0.25, 0.3) is 0 Å². The van der Waals surface area contributed by atoms with E-state index in [0.29, 0.717) is 23.5 Å². The molecule has 0 unspecified atom stereocenters. The molecule has 0 aliphatic rings. The van der Waals surface area contributed by atoms with E-state index in [0.717, 1.165) is 17.0 Å². The maximum Gasteiger partial charge on any atom is 0.217 e. The van der Waals surface area contributed by atoms with Gasteiger partial charge in [0.05, 0.1) is 17.3 Å². The number of benzene rings is 2. The van der Waals surface area contributed by atoms with Crippen LogP contribution in [0.4, 0.5) is 0 Å². The van der Waals surface area contributed by atoms with E-state index in [1.54, 1.807) is 24.3 Å². The van der Waals surface area contributed by atoms with Gasteiger partial charge in [-0.25, -0.2) is 0 Å². The van der Waals surface area contributed by atoms with Gasteiger partial charge in [0.1, 0.15) is 11.5 Å². The van der Waals surface area contributed by atoms with Crippen molar-refractivity contribution in [2.45, 2.75) is 26.7 Å². The molecule has 1 heterocycles. The molecule has 3 rings (SSSR count). The van der Waals surface area contributed by atoms with Crippen LogP contribution in [0.3, 0.4) is 0 Å². The summed E-state index contributed by atoms with van der Waals surface area (Å²) in [6.07, 6.45) is 0.816. The first-order valence-corrected chi connectivity index (χ1v) is 9.17. The number of nitriles is 1. The van der Waals surface area contributed by atoms with E-state index in [-0.39, 0.29) is 12.3 Å². The molecule has 5 heteroatoms. The molecule has 0 saturated carbocycles. The number of amides is 1. The highest BCUT2D eigenvalue weighted by atomic mass is 16.5. The second kappa shape index (κ2) is 10.5. The molecule has 5 nitrogen and oxygen atoms in total. The Kier molecular flexibility index (Phi) is 7.74. The molecule has 2 aromatic carbocycles. The lowest BCUT2D eigenvalue weighted by molar-refractivity contribution is -0.118. The Labute approximate surface area is 165 Å². The van der Waals surface area contributed by atoms with Crippen molar-refractivity contribution >= 4 is 5.91 Å². The van der Waals surface area contributed by atoms with Crippen molar-refractivity contribution in [3.05, 3.63) is 78.0 Å². The lowest BCUT2D eigenvalue weighted by atomic mass is 10.1. The molecule has 1 amide bonds. The van der Waals surface area contributed by atoms with Gasteiger partial charge in [-0.3, -0.25) is 9.78 Å². The summed E-state index contributed by atoms with van der Waals surface area (Å²) in [5.74, 6) is 1.04. The van der Waals surface area contributed by atoms with Crippen LogP contribution in [0.25, 0.3) is 11.3 Å². The Balaban J connectivity index is 0.00000136. The van der Waals surface area contributed by atoms with Crippen LogP contribution in [-0.4, -0.2) is 10.9 Å². The minimum atomic E-state index is -0.332. The Morgan fingerprint density at radius 2 is 1.61 bits per heavy atom. The van der Waals surface area contributed by atoms with Crippen molar-refractivity contribution in [1.29, 1.82) is 5.26 Å². The third-order valence-electron chi connectivity index (χ3n) is 3.80. The quantitative estimate of drug-likeness (QED) is 0.668. The van der Waals surface area contributed by atoms with Crippen LogP contribution in [0.5, 0.6) is 11.5 Å². The normalized spacial score (nSPS) is 9.61. The van der Waals surface area contributed by atoms with Crippen LogP contribution in [0, 0.1) is 11.3 Å². The maximum absolute atomic E-state index is 10.9. The first-order chi connectivity index (χ1) is 13.6. The van der Waals surface area contributed by atoms with Crippen molar-refractivity contribution in [3.63, 3.8) is 0 Å². The Morgan fingerprint density at radius 3 is 2.18 bits per heavy atom. The van der Waals surface area contributed by atoms with E-state index in [2.05, 4.69) is 11.1 Å². The number of hydrogen-bond acceptors (Lipinski definition) is 4. The zero-order chi connectivity index (χ0) is 20.4. The fourth-order valence-electron chi connectivity index (χ4n) is 2.46. The molecule has 28 heavy (non-hydrogen) atoms. The molecule has 142 valence electrons. The van der Waals surface area contributed by atoms with Crippen LogP contribution in [0.2, 0.25) is 0 Å². The van der Waals surface area contributed by atoms with Crippen molar-refractivity contribution in [1.82, 2.24) is 4.98 Å². The summed E-state index contributed by atoms with van der Waals surface area (Å²) in [7, 11) is 0. The van der Waals surface area contributed by atoms with Crippen LogP contribution in [0.1, 0.15) is 31.5 Å². The number of hydrogen-bond donors (Lipinski definition) is 1. The SMILES string of the molecule is CC.N#Cc1ccc(Oc2ccc(-c3cccc(CCC(N)=O)n3)cc2)cc1. The number of ether oxygens (including phenoxy) is 1. The van der Waals surface area contributed by atoms with Gasteiger partial charge in [0.15, 0.2) is 0 Å². The Bertz CT molecular complexity index is 943. The Morgan fingerprint density at radius 1 is 1.00 bits per heavy atom. The van der Waals surface area contributed by atoms with Crippen LogP contribution >= 0.6 is 0 Å². The second-order valence-corrected chi connectivity index (χ2v) is 5.74. The van der Waals surface area contributed by atoms with E-state index in [1.807, 2.05) is 56.3 Å². The molecule has 0 atom stereocenters. The number of primary amides is 1. The van der Waals surface area contributed by atoms with Gasteiger partial charge in [0.2, 0.25) is 5.91 Å². The standard InChI is InChI=1S/C21H17N3O2.C2H6/c22-14-15-4-9-18(10-5-15)26-19-11-6-16(7-12-19)20-3-1-2-17(24-20)8-13-21(23)25;1-2/h1-7,9-12H,8,13H2,(H2,23,25);1-2H3. The summed E-state index contributed by atoms with van der Waals surface area (Å²) in [4.78, 5) is 15.5. The van der Waals surface area contributed by atoms with Crippen LogP contribution in [-0.2, 0) is 11.2 Å². The summed E-state index contributed by atoms with van der Waals surface area (Å²) in [6.45, 7) is 4.00. The van der Waals surface area contributed by atoms with E-state index in [9.17, 15) is 4.79 Å². The van der Waals surface area contributed by atoms with Crippen molar-refractivity contribution in [2.24, 2.45) is 5.73 Å². The predicted molar refractivity (Wildman–Crippen MR) is 110 cm³/mol. The molecule has 0 aliphatic heterocycles. The number of aryl methyl sites for hydroxylation is 1. The largest absolute Gasteiger partial charge is 0.457 e. The third kappa shape index (κ3) is 5.96. The van der Waals surface area contributed by atoms with Gasteiger partial charge in [-0.2, -0.15) is 5.26 Å². The lowest BCUT2D eigenvalue weighted by Gasteiger charge is -2.08. The Hall–Kier alpha value is -3.65. The molecule has 0 spiro atoms. The van der Waals surface area contributed by atoms with Crippen molar-refractivity contribution in [3.8, 4) is 28.8 Å². The van der Waals surface area contributed by atoms with Gasteiger partial charge in [-0.1, -0.05) is 19.9 Å². The van der Waals surface area contributed by atoms with Crippen molar-refractivity contribution in [2.75, 3.05) is 0 Å². The van der Waals surface area contributed by atoms with E-state index >= 15 is 0 Å². The molecule has 0 fully saturated rings. The van der Waals surface area contributed by atoms with Gasteiger partial charge >= 0.3 is 0 Å². The van der Waals surface area contributed by atoms with E-state index < -0.39 is 0 Å². The maximum atomic E-state index is 10.9. The smallest absolute Gasteiger partial charge is 0.217 e. The summed E-state index contributed by atoms with van der Waals surface area (Å²) < 4.78 is 5.78.